The summed E-state index contributed by atoms with van der Waals surface area (Å²) in [5, 5.41) is 48.4. The zero-order chi connectivity index (χ0) is 34.7. The minimum Gasteiger partial charge on any atom is -0.543 e. The molecular formula is C27H25N9O9S3. The molecule has 5 rings (SSSR count). The van der Waals surface area contributed by atoms with Crippen molar-refractivity contribution in [2.75, 3.05) is 28.8 Å². The molecule has 2 aliphatic rings. The number of oxime groups is 1. The number of phenols is 2. The molecule has 0 unspecified atom stereocenters. The number of nitrogens with two attached hydrogens (primary N) is 3. The van der Waals surface area contributed by atoms with Crippen LogP contribution >= 0.6 is 34.9 Å². The number of carboxylic acids is 2. The molecule has 3 aromatic rings. The van der Waals surface area contributed by atoms with Crippen LogP contribution in [0.5, 0.6) is 11.5 Å². The molecular weight excluding hydrogens is 691 g/mol. The molecule has 4 heterocycles. The van der Waals surface area contributed by atoms with E-state index in [1.54, 1.807) is 18.3 Å². The number of allylic oxidation sites excluding steroid dienone is 1. The molecule has 2 aliphatic heterocycles. The van der Waals surface area contributed by atoms with Crippen LogP contribution in [0.1, 0.15) is 17.4 Å². The lowest BCUT2D eigenvalue weighted by Gasteiger charge is -2.50. The SMILES string of the molecule is Nc1cc[n+](N)c(SC/C=C/C2=C(C(=O)[O-])N3C(=O)[C@@H](NC(=O)/C(=N\O[C@H](C(=O)O)c4ccc(O)c(O)c4)c4csc(N)n4)[C@H]3SC2)n1. The van der Waals surface area contributed by atoms with E-state index in [0.29, 0.717) is 16.5 Å². The first-order chi connectivity index (χ1) is 22.8. The van der Waals surface area contributed by atoms with Crippen molar-refractivity contribution in [2.45, 2.75) is 22.7 Å². The second-order valence-corrected chi connectivity index (χ2v) is 12.8. The average molecular weight is 716 g/mol. The Kier molecular flexibility index (Phi) is 9.91. The van der Waals surface area contributed by atoms with E-state index in [2.05, 4.69) is 20.4 Å². The number of rotatable bonds is 12. The zero-order valence-electron chi connectivity index (χ0n) is 24.2. The molecule has 1 aromatic carbocycles. The Bertz CT molecular complexity index is 1900. The quantitative estimate of drug-likeness (QED) is 0.0163. The van der Waals surface area contributed by atoms with Gasteiger partial charge in [-0.2, -0.15) is 0 Å². The van der Waals surface area contributed by atoms with Crippen LogP contribution < -0.4 is 32.4 Å². The van der Waals surface area contributed by atoms with Gasteiger partial charge in [-0.05, 0) is 34.5 Å². The maximum atomic E-state index is 13.4. The van der Waals surface area contributed by atoms with Gasteiger partial charge in [0, 0.05) is 28.5 Å². The van der Waals surface area contributed by atoms with Crippen LogP contribution in [0.15, 0.2) is 69.6 Å². The zero-order valence-corrected chi connectivity index (χ0v) is 26.7. The summed E-state index contributed by atoms with van der Waals surface area (Å²) in [5.41, 5.74) is 10.6. The molecule has 0 spiro atoms. The van der Waals surface area contributed by atoms with Crippen LogP contribution in [-0.2, 0) is 24.0 Å². The number of carboxylic acid groups (broad SMARTS) is 2. The number of hydrogen-bond donors (Lipinski definition) is 7. The van der Waals surface area contributed by atoms with Gasteiger partial charge in [-0.3, -0.25) is 20.3 Å². The number of nitrogens with zero attached hydrogens (tertiary/aromatic N) is 5. The second kappa shape index (κ2) is 14.1. The van der Waals surface area contributed by atoms with Crippen molar-refractivity contribution < 1.29 is 49.1 Å². The Morgan fingerprint density at radius 3 is 2.69 bits per heavy atom. The predicted octanol–water partition coefficient (Wildman–Crippen LogP) is -1.59. The van der Waals surface area contributed by atoms with Crippen LogP contribution in [0.3, 0.4) is 0 Å². The van der Waals surface area contributed by atoms with E-state index in [1.165, 1.54) is 45.7 Å². The van der Waals surface area contributed by atoms with Crippen LogP contribution in [0.4, 0.5) is 10.9 Å². The highest BCUT2D eigenvalue weighted by Gasteiger charge is 2.53. The van der Waals surface area contributed by atoms with Gasteiger partial charge >= 0.3 is 11.1 Å². The lowest BCUT2D eigenvalue weighted by Crippen LogP contribution is -2.71. The fourth-order valence-corrected chi connectivity index (χ4v) is 7.06. The topological polar surface area (TPSA) is 297 Å². The predicted molar refractivity (Wildman–Crippen MR) is 170 cm³/mol. The molecule has 0 bridgehead atoms. The van der Waals surface area contributed by atoms with Crippen LogP contribution in [0, 0.1) is 0 Å². The monoisotopic (exact) mass is 715 g/mol. The molecule has 3 atom stereocenters. The van der Waals surface area contributed by atoms with Gasteiger partial charge in [0.15, 0.2) is 22.3 Å². The maximum Gasteiger partial charge on any atom is 0.384 e. The van der Waals surface area contributed by atoms with E-state index in [1.807, 2.05) is 0 Å². The summed E-state index contributed by atoms with van der Waals surface area (Å²) in [6.07, 6.45) is 2.93. The van der Waals surface area contributed by atoms with Crippen molar-refractivity contribution in [3.63, 3.8) is 0 Å². The van der Waals surface area contributed by atoms with Crippen molar-refractivity contribution in [1.82, 2.24) is 20.2 Å². The number of aromatic hydroxyl groups is 2. The summed E-state index contributed by atoms with van der Waals surface area (Å²) in [5.74, 6) is 0.629. The second-order valence-electron chi connectivity index (χ2n) is 9.86. The Morgan fingerprint density at radius 1 is 1.25 bits per heavy atom. The minimum absolute atomic E-state index is 0.0478. The number of carbonyl (C=O) groups excluding carboxylic acids is 3. The lowest BCUT2D eigenvalue weighted by molar-refractivity contribution is -0.682. The lowest BCUT2D eigenvalue weighted by atomic mass is 10.0. The highest BCUT2D eigenvalue weighted by atomic mass is 32.2. The number of hydrogen-bond acceptors (Lipinski definition) is 17. The third kappa shape index (κ3) is 7.06. The number of nitrogen functional groups attached to an aromatic ring is 3. The molecule has 1 fully saturated rings. The fourth-order valence-electron chi connectivity index (χ4n) is 4.47. The van der Waals surface area contributed by atoms with E-state index < -0.39 is 58.5 Å². The molecule has 0 aliphatic carbocycles. The van der Waals surface area contributed by atoms with Crippen molar-refractivity contribution in [1.29, 1.82) is 0 Å². The summed E-state index contributed by atoms with van der Waals surface area (Å²) in [4.78, 5) is 65.1. The number of aromatic nitrogens is 3. The Balaban J connectivity index is 1.32. The summed E-state index contributed by atoms with van der Waals surface area (Å²) < 4.78 is 1.28. The molecule has 2 aromatic heterocycles. The van der Waals surface area contributed by atoms with Crippen LogP contribution in [-0.4, -0.2) is 82.6 Å². The number of thioether (sulfide) groups is 2. The smallest absolute Gasteiger partial charge is 0.384 e. The minimum atomic E-state index is -1.83. The molecule has 18 nitrogen and oxygen atoms in total. The van der Waals surface area contributed by atoms with Crippen molar-refractivity contribution >= 4 is 75.3 Å². The number of aliphatic carboxylic acids is 2. The molecule has 2 amide bonds. The first kappa shape index (κ1) is 33.8. The van der Waals surface area contributed by atoms with E-state index in [4.69, 9.17) is 22.1 Å². The van der Waals surface area contributed by atoms with Gasteiger partial charge in [0.25, 0.3) is 11.8 Å². The van der Waals surface area contributed by atoms with Gasteiger partial charge in [0.05, 0.1) is 11.7 Å². The number of nitrogens with one attached hydrogen (secondary N) is 1. The van der Waals surface area contributed by atoms with Crippen molar-refractivity contribution in [3.05, 3.63) is 70.5 Å². The Morgan fingerprint density at radius 2 is 2.02 bits per heavy atom. The molecule has 0 radical (unpaired) electrons. The van der Waals surface area contributed by atoms with Gasteiger partial charge in [0.2, 0.25) is 11.9 Å². The highest BCUT2D eigenvalue weighted by Crippen LogP contribution is 2.40. The van der Waals surface area contributed by atoms with Crippen LogP contribution in [0.2, 0.25) is 0 Å². The van der Waals surface area contributed by atoms with Crippen molar-refractivity contribution in [3.8, 4) is 11.5 Å². The van der Waals surface area contributed by atoms with Gasteiger partial charge in [-0.15, -0.1) is 27.8 Å². The number of thiazole rings is 1. The standard InChI is InChI=1S/C27H25N9O9S3/c28-16-5-6-35(30)27(32-16)46-7-1-2-12-9-47-23-18(22(40)36(23)19(12)24(41)42)33-21(39)17(13-10-48-26(29)31-13)34-45-20(25(43)44)11-3-4-14(37)15(38)8-11/h1-6,8,10,18,20,23,28H,7,9,30H2,(H7,29,31,33,34,37,38,39,41,42,43,44)/b2-1+/t18-,20+,23-/m1/s1. The van der Waals surface area contributed by atoms with Gasteiger partial charge in [-0.1, -0.05) is 23.4 Å². The molecule has 1 saturated heterocycles. The summed E-state index contributed by atoms with van der Waals surface area (Å²) in [6, 6.07) is 3.50. The van der Waals surface area contributed by atoms with E-state index in [-0.39, 0.29) is 33.7 Å². The summed E-state index contributed by atoms with van der Waals surface area (Å²) in [6.45, 7) is 0. The summed E-state index contributed by atoms with van der Waals surface area (Å²) >= 11 is 3.39. The fraction of sp³-hybridized carbons (Fsp3) is 0.185. The normalized spacial score (nSPS) is 18.3. The van der Waals surface area contributed by atoms with Crippen molar-refractivity contribution in [2.24, 2.45) is 5.16 Å². The van der Waals surface area contributed by atoms with Gasteiger partial charge in [0.1, 0.15) is 23.3 Å². The highest BCUT2D eigenvalue weighted by molar-refractivity contribution is 8.00. The van der Waals surface area contributed by atoms with Crippen LogP contribution in [0.25, 0.3) is 0 Å². The number of anilines is 2. The third-order valence-corrected chi connectivity index (χ3v) is 9.61. The van der Waals surface area contributed by atoms with E-state index in [0.717, 1.165) is 28.4 Å². The number of amides is 2. The van der Waals surface area contributed by atoms with E-state index >= 15 is 0 Å². The summed E-state index contributed by atoms with van der Waals surface area (Å²) in [7, 11) is 0. The van der Waals surface area contributed by atoms with E-state index in [9.17, 15) is 39.6 Å². The Labute approximate surface area is 282 Å². The molecule has 10 N–H and O–H groups in total. The maximum absolute atomic E-state index is 13.4. The number of carbonyl (C=O) groups is 4. The molecule has 21 heteroatoms. The first-order valence-electron chi connectivity index (χ1n) is 13.5. The number of phenolic OH excluding ortho intramolecular Hbond substituents is 2. The largest absolute Gasteiger partial charge is 0.543 e. The van der Waals surface area contributed by atoms with Gasteiger partial charge < -0.3 is 46.8 Å². The third-order valence-electron chi connectivity index (χ3n) is 6.71. The number of β-lactam (4-membered cyclic amide) rings is 1. The average Bonchev–Trinajstić information content (AvgIpc) is 3.47. The number of benzene rings is 1. The molecule has 250 valence electrons. The number of fused-ring (bicyclic) bond motifs is 1. The van der Waals surface area contributed by atoms with Gasteiger partial charge in [-0.25, -0.2) is 9.78 Å². The first-order valence-corrected chi connectivity index (χ1v) is 16.4. The Hall–Kier alpha value is -5.54. The molecule has 48 heavy (non-hydrogen) atoms. The molecule has 0 saturated carbocycles.